The number of aromatic nitrogens is 1. The molecule has 0 fully saturated rings. The van der Waals surface area contributed by atoms with E-state index in [9.17, 15) is 0 Å². The predicted octanol–water partition coefficient (Wildman–Crippen LogP) is 18.0. The van der Waals surface area contributed by atoms with Crippen molar-refractivity contribution in [3.63, 3.8) is 0 Å². The molecule has 340 valence electrons. The molecule has 0 spiro atoms. The minimum Gasteiger partial charge on any atom is -0.309 e. The standard InChI is InChI=1S/C71H51N/c1-70(2)63-30-15-12-27-57(63)60-45-53(37-40-64(60)70)69(48-19-6-3-7-20-48)49-35-33-47(34-36-49)50-21-18-22-51(43-50)52-38-42-68-62(44-52)59-29-14-17-32-67(59)72(68)56-39-41-66-61(46-56)58-28-13-16-31-65(58)71(66,54-23-8-4-9-24-54)55-25-10-5-11-26-55/h3-46,69H,1-2H3. The van der Waals surface area contributed by atoms with E-state index in [0.29, 0.717) is 0 Å². The average molecular weight is 918 g/mol. The molecule has 0 aliphatic heterocycles. The molecule has 72 heavy (non-hydrogen) atoms. The summed E-state index contributed by atoms with van der Waals surface area (Å²) in [6.45, 7) is 4.71. The summed E-state index contributed by atoms with van der Waals surface area (Å²) in [4.78, 5) is 0. The molecule has 0 amide bonds. The lowest BCUT2D eigenvalue weighted by Gasteiger charge is -2.33. The molecule has 1 heteroatoms. The quantitative estimate of drug-likeness (QED) is 0.134. The van der Waals surface area contributed by atoms with Crippen molar-refractivity contribution in [2.24, 2.45) is 0 Å². The number of para-hydroxylation sites is 1. The highest BCUT2D eigenvalue weighted by atomic mass is 15.0. The lowest BCUT2D eigenvalue weighted by Crippen LogP contribution is -2.28. The number of hydrogen-bond acceptors (Lipinski definition) is 0. The van der Waals surface area contributed by atoms with E-state index in [4.69, 9.17) is 0 Å². The van der Waals surface area contributed by atoms with Crippen LogP contribution in [0.25, 0.3) is 72.0 Å². The molecule has 0 saturated heterocycles. The first-order valence-corrected chi connectivity index (χ1v) is 25.4. The summed E-state index contributed by atoms with van der Waals surface area (Å²) < 4.78 is 2.46. The second-order valence-corrected chi connectivity index (χ2v) is 20.4. The van der Waals surface area contributed by atoms with E-state index < -0.39 is 5.41 Å². The molecular formula is C71H51N. The van der Waals surface area contributed by atoms with E-state index in [0.717, 1.165) is 5.69 Å². The monoisotopic (exact) mass is 917 g/mol. The first-order chi connectivity index (χ1) is 35.5. The van der Waals surface area contributed by atoms with Crippen LogP contribution in [0.2, 0.25) is 0 Å². The van der Waals surface area contributed by atoms with E-state index >= 15 is 0 Å². The predicted molar refractivity (Wildman–Crippen MR) is 300 cm³/mol. The highest BCUT2D eigenvalue weighted by Crippen LogP contribution is 2.57. The van der Waals surface area contributed by atoms with Crippen molar-refractivity contribution in [2.45, 2.75) is 30.6 Å². The Labute approximate surface area is 422 Å². The summed E-state index contributed by atoms with van der Waals surface area (Å²) in [5.74, 6) is 0.103. The van der Waals surface area contributed by atoms with Crippen LogP contribution >= 0.6 is 0 Å². The highest BCUT2D eigenvalue weighted by molar-refractivity contribution is 6.10. The Morgan fingerprint density at radius 2 is 0.806 bits per heavy atom. The smallest absolute Gasteiger partial charge is 0.0713 e. The van der Waals surface area contributed by atoms with Crippen LogP contribution < -0.4 is 0 Å². The Hall–Kier alpha value is -8.78. The zero-order chi connectivity index (χ0) is 48.0. The van der Waals surface area contributed by atoms with Crippen molar-refractivity contribution >= 4 is 21.8 Å². The van der Waals surface area contributed by atoms with Crippen LogP contribution in [-0.4, -0.2) is 4.57 Å². The largest absolute Gasteiger partial charge is 0.309 e. The number of benzene rings is 11. The second kappa shape index (κ2) is 16.4. The molecule has 0 N–H and O–H groups in total. The summed E-state index contributed by atoms with van der Waals surface area (Å²) in [5, 5.41) is 2.49. The van der Waals surface area contributed by atoms with Gasteiger partial charge in [-0.25, -0.2) is 0 Å². The molecule has 0 bridgehead atoms. The first-order valence-electron chi connectivity index (χ1n) is 25.4. The maximum absolute atomic E-state index is 2.46. The van der Waals surface area contributed by atoms with Crippen molar-refractivity contribution in [1.29, 1.82) is 0 Å². The summed E-state index contributed by atoms with van der Waals surface area (Å²) in [6.07, 6.45) is 0. The second-order valence-electron chi connectivity index (χ2n) is 20.4. The zero-order valence-electron chi connectivity index (χ0n) is 40.4. The Morgan fingerprint density at radius 1 is 0.306 bits per heavy atom. The molecule has 2 aliphatic rings. The summed E-state index contributed by atoms with van der Waals surface area (Å²) in [5.41, 5.74) is 25.1. The van der Waals surface area contributed by atoms with Crippen LogP contribution in [-0.2, 0) is 10.8 Å². The molecule has 1 atom stereocenters. The average Bonchev–Trinajstić information content (AvgIpc) is 4.02. The molecule has 0 radical (unpaired) electrons. The van der Waals surface area contributed by atoms with Gasteiger partial charge in [0.2, 0.25) is 0 Å². The van der Waals surface area contributed by atoms with Crippen LogP contribution in [0.3, 0.4) is 0 Å². The fourth-order valence-corrected chi connectivity index (χ4v) is 12.9. The first kappa shape index (κ1) is 42.1. The molecule has 1 unspecified atom stereocenters. The normalized spacial score (nSPS) is 14.1. The zero-order valence-corrected chi connectivity index (χ0v) is 40.4. The molecule has 12 aromatic rings. The Morgan fingerprint density at radius 3 is 1.54 bits per heavy atom. The summed E-state index contributed by atoms with van der Waals surface area (Å²) in [7, 11) is 0. The maximum Gasteiger partial charge on any atom is 0.0713 e. The number of fused-ring (bicyclic) bond motifs is 9. The fraction of sp³-hybridized carbons (Fsp3) is 0.0704. The van der Waals surface area contributed by atoms with Crippen LogP contribution in [0.5, 0.6) is 0 Å². The van der Waals surface area contributed by atoms with Gasteiger partial charge in [-0.3, -0.25) is 0 Å². The van der Waals surface area contributed by atoms with Gasteiger partial charge in [-0.05, 0) is 137 Å². The van der Waals surface area contributed by atoms with E-state index in [-0.39, 0.29) is 11.3 Å². The molecule has 11 aromatic carbocycles. The van der Waals surface area contributed by atoms with Gasteiger partial charge in [0.05, 0.1) is 16.4 Å². The molecule has 1 aromatic heterocycles. The van der Waals surface area contributed by atoms with Crippen molar-refractivity contribution in [3.8, 4) is 50.2 Å². The molecule has 2 aliphatic carbocycles. The number of nitrogens with zero attached hydrogens (tertiary/aromatic N) is 1. The SMILES string of the molecule is CC1(C)c2ccccc2-c2cc(C(c3ccccc3)c3ccc(-c4cccc(-c5ccc6c(c5)c5ccccc5n6-c5ccc6c(c5)-c5ccccc5C6(c5ccccc5)c5ccccc5)c4)cc3)ccc21. The van der Waals surface area contributed by atoms with Gasteiger partial charge in [0.25, 0.3) is 0 Å². The lowest BCUT2D eigenvalue weighted by atomic mass is 9.68. The minimum atomic E-state index is -0.433. The van der Waals surface area contributed by atoms with Crippen molar-refractivity contribution in [3.05, 3.63) is 317 Å². The molecule has 14 rings (SSSR count). The molecule has 1 heterocycles. The van der Waals surface area contributed by atoms with Gasteiger partial charge in [-0.1, -0.05) is 238 Å². The van der Waals surface area contributed by atoms with Gasteiger partial charge in [0.1, 0.15) is 0 Å². The van der Waals surface area contributed by atoms with Crippen LogP contribution in [0.4, 0.5) is 0 Å². The van der Waals surface area contributed by atoms with Crippen molar-refractivity contribution in [2.75, 3.05) is 0 Å². The number of rotatable bonds is 8. The van der Waals surface area contributed by atoms with Crippen LogP contribution in [0.15, 0.2) is 267 Å². The molecule has 1 nitrogen and oxygen atoms in total. The maximum atomic E-state index is 2.46. The van der Waals surface area contributed by atoms with Crippen LogP contribution in [0.1, 0.15) is 69.8 Å². The van der Waals surface area contributed by atoms with E-state index in [2.05, 4.69) is 285 Å². The van der Waals surface area contributed by atoms with Crippen LogP contribution in [0, 0.1) is 0 Å². The minimum absolute atomic E-state index is 0.0225. The van der Waals surface area contributed by atoms with Crippen molar-refractivity contribution < 1.29 is 0 Å². The molecule has 0 saturated carbocycles. The lowest BCUT2D eigenvalue weighted by molar-refractivity contribution is 0.660. The van der Waals surface area contributed by atoms with Gasteiger partial charge in [0.15, 0.2) is 0 Å². The third-order valence-electron chi connectivity index (χ3n) is 16.2. The fourth-order valence-electron chi connectivity index (χ4n) is 12.9. The van der Waals surface area contributed by atoms with Crippen molar-refractivity contribution in [1.82, 2.24) is 4.57 Å². The van der Waals surface area contributed by atoms with Gasteiger partial charge in [-0.2, -0.15) is 0 Å². The van der Waals surface area contributed by atoms with Gasteiger partial charge in [0, 0.05) is 27.8 Å². The van der Waals surface area contributed by atoms with Gasteiger partial charge >= 0.3 is 0 Å². The third-order valence-corrected chi connectivity index (χ3v) is 16.2. The number of hydrogen-bond donors (Lipinski definition) is 0. The van der Waals surface area contributed by atoms with Gasteiger partial charge < -0.3 is 4.57 Å². The third kappa shape index (κ3) is 6.33. The Bertz CT molecular complexity index is 4010. The van der Waals surface area contributed by atoms with E-state index in [1.807, 2.05) is 0 Å². The Kier molecular flexibility index (Phi) is 9.60. The summed E-state index contributed by atoms with van der Waals surface area (Å²) in [6, 6.07) is 99.7. The highest BCUT2D eigenvalue weighted by Gasteiger charge is 2.46. The summed E-state index contributed by atoms with van der Waals surface area (Å²) >= 11 is 0. The topological polar surface area (TPSA) is 4.93 Å². The van der Waals surface area contributed by atoms with Gasteiger partial charge in [-0.15, -0.1) is 0 Å². The van der Waals surface area contributed by atoms with E-state index in [1.54, 1.807) is 0 Å². The van der Waals surface area contributed by atoms with E-state index in [1.165, 1.54) is 116 Å². The Balaban J connectivity index is 0.829. The molecular weight excluding hydrogens is 867 g/mol.